The number of hydrogen-bond donors (Lipinski definition) is 1. The van der Waals surface area contributed by atoms with Gasteiger partial charge in [-0.15, -0.1) is 10.2 Å². The number of ether oxygens (including phenoxy) is 1. The summed E-state index contributed by atoms with van der Waals surface area (Å²) in [6, 6.07) is 14.3. The molecule has 23 heavy (non-hydrogen) atoms. The first-order valence-corrected chi connectivity index (χ1v) is 7.54. The van der Waals surface area contributed by atoms with Gasteiger partial charge in [0.1, 0.15) is 11.5 Å². The molecule has 0 aliphatic rings. The van der Waals surface area contributed by atoms with E-state index in [9.17, 15) is 4.39 Å². The molecule has 5 heteroatoms. The minimum atomic E-state index is -0.262. The molecule has 118 valence electrons. The van der Waals surface area contributed by atoms with Crippen LogP contribution in [0, 0.1) is 5.82 Å². The van der Waals surface area contributed by atoms with Crippen molar-refractivity contribution in [3.8, 4) is 11.3 Å². The van der Waals surface area contributed by atoms with Gasteiger partial charge in [0.15, 0.2) is 5.82 Å². The highest BCUT2D eigenvalue weighted by Gasteiger charge is 2.10. The summed E-state index contributed by atoms with van der Waals surface area (Å²) < 4.78 is 18.2. The summed E-state index contributed by atoms with van der Waals surface area (Å²) in [6.07, 6.45) is 0.895. The van der Waals surface area contributed by atoms with E-state index in [1.807, 2.05) is 24.3 Å². The van der Waals surface area contributed by atoms with Crippen LogP contribution in [0.25, 0.3) is 22.0 Å². The summed E-state index contributed by atoms with van der Waals surface area (Å²) in [7, 11) is 1.69. The number of benzene rings is 2. The molecule has 0 bridgehead atoms. The van der Waals surface area contributed by atoms with Crippen LogP contribution < -0.4 is 5.32 Å². The number of rotatable bonds is 6. The summed E-state index contributed by atoms with van der Waals surface area (Å²) in [5, 5.41) is 13.9. The predicted octanol–water partition coefficient (Wildman–Crippen LogP) is 3.88. The molecule has 0 unspecified atom stereocenters. The Labute approximate surface area is 134 Å². The van der Waals surface area contributed by atoms with E-state index in [1.165, 1.54) is 12.1 Å². The zero-order chi connectivity index (χ0) is 16.1. The number of nitrogens with one attached hydrogen (secondary N) is 1. The number of anilines is 1. The van der Waals surface area contributed by atoms with Crippen molar-refractivity contribution in [2.75, 3.05) is 25.6 Å². The Kier molecular flexibility index (Phi) is 4.78. The van der Waals surface area contributed by atoms with Crippen LogP contribution in [-0.4, -0.2) is 30.5 Å². The smallest absolute Gasteiger partial charge is 0.156 e. The summed E-state index contributed by atoms with van der Waals surface area (Å²) >= 11 is 0. The second kappa shape index (κ2) is 7.15. The van der Waals surface area contributed by atoms with Crippen LogP contribution in [0.1, 0.15) is 6.42 Å². The lowest BCUT2D eigenvalue weighted by Gasteiger charge is -2.11. The van der Waals surface area contributed by atoms with Gasteiger partial charge in [0.25, 0.3) is 0 Å². The third-order valence-corrected chi connectivity index (χ3v) is 3.62. The van der Waals surface area contributed by atoms with E-state index in [-0.39, 0.29) is 5.82 Å². The normalized spacial score (nSPS) is 10.9. The van der Waals surface area contributed by atoms with Gasteiger partial charge >= 0.3 is 0 Å². The van der Waals surface area contributed by atoms with Gasteiger partial charge in [-0.25, -0.2) is 4.39 Å². The largest absolute Gasteiger partial charge is 0.385 e. The quantitative estimate of drug-likeness (QED) is 0.702. The van der Waals surface area contributed by atoms with Gasteiger partial charge in [-0.05, 0) is 30.7 Å². The molecule has 1 heterocycles. The van der Waals surface area contributed by atoms with Crippen LogP contribution in [0.4, 0.5) is 10.2 Å². The average molecular weight is 311 g/mol. The molecule has 4 nitrogen and oxygen atoms in total. The number of methoxy groups -OCH3 is 1. The Morgan fingerprint density at radius 2 is 1.74 bits per heavy atom. The predicted molar refractivity (Wildman–Crippen MR) is 89.9 cm³/mol. The summed E-state index contributed by atoms with van der Waals surface area (Å²) in [4.78, 5) is 0. The molecule has 0 fully saturated rings. The topological polar surface area (TPSA) is 47.0 Å². The Hall–Kier alpha value is -2.53. The third-order valence-electron chi connectivity index (χ3n) is 3.62. The molecule has 3 rings (SSSR count). The fourth-order valence-electron chi connectivity index (χ4n) is 2.48. The standard InChI is InChI=1S/C18H18FN3O/c1-23-12-4-11-20-18-16-6-3-2-5-15(16)17(21-22-18)13-7-9-14(19)10-8-13/h2-3,5-10H,4,11-12H2,1H3,(H,20,22). The highest BCUT2D eigenvalue weighted by Crippen LogP contribution is 2.29. The van der Waals surface area contributed by atoms with Crippen LogP contribution in [0.5, 0.6) is 0 Å². The van der Waals surface area contributed by atoms with E-state index in [0.717, 1.165) is 40.8 Å². The van der Waals surface area contributed by atoms with E-state index >= 15 is 0 Å². The number of nitrogens with zero attached hydrogens (tertiary/aromatic N) is 2. The van der Waals surface area contributed by atoms with Crippen LogP contribution >= 0.6 is 0 Å². The molecule has 3 aromatic rings. The fraction of sp³-hybridized carbons (Fsp3) is 0.222. The number of fused-ring (bicyclic) bond motifs is 1. The van der Waals surface area contributed by atoms with E-state index < -0.39 is 0 Å². The van der Waals surface area contributed by atoms with Crippen LogP contribution in [0.15, 0.2) is 48.5 Å². The molecule has 0 radical (unpaired) electrons. The summed E-state index contributed by atoms with van der Waals surface area (Å²) in [5.41, 5.74) is 1.60. The van der Waals surface area contributed by atoms with Gasteiger partial charge in [-0.1, -0.05) is 24.3 Å². The molecule has 1 N–H and O–H groups in total. The second-order valence-corrected chi connectivity index (χ2v) is 5.22. The summed E-state index contributed by atoms with van der Waals surface area (Å²) in [5.74, 6) is 0.491. The van der Waals surface area contributed by atoms with E-state index in [0.29, 0.717) is 6.61 Å². The first kappa shape index (κ1) is 15.4. The van der Waals surface area contributed by atoms with Gasteiger partial charge in [0.2, 0.25) is 0 Å². The zero-order valence-corrected chi connectivity index (χ0v) is 12.9. The van der Waals surface area contributed by atoms with Crippen molar-refractivity contribution < 1.29 is 9.13 Å². The van der Waals surface area contributed by atoms with Gasteiger partial charge in [0, 0.05) is 36.6 Å². The van der Waals surface area contributed by atoms with Crippen LogP contribution in [0.2, 0.25) is 0 Å². The van der Waals surface area contributed by atoms with Crippen LogP contribution in [0.3, 0.4) is 0 Å². The Bertz CT molecular complexity index is 790. The monoisotopic (exact) mass is 311 g/mol. The van der Waals surface area contributed by atoms with Crippen molar-refractivity contribution in [2.24, 2.45) is 0 Å². The van der Waals surface area contributed by atoms with Crippen molar-refractivity contribution in [1.82, 2.24) is 10.2 Å². The van der Waals surface area contributed by atoms with E-state index in [1.54, 1.807) is 19.2 Å². The maximum Gasteiger partial charge on any atom is 0.156 e. The molecule has 1 aromatic heterocycles. The summed E-state index contributed by atoms with van der Waals surface area (Å²) in [6.45, 7) is 1.47. The van der Waals surface area contributed by atoms with E-state index in [4.69, 9.17) is 4.74 Å². The highest BCUT2D eigenvalue weighted by atomic mass is 19.1. The Morgan fingerprint density at radius 1 is 1.00 bits per heavy atom. The molecule has 0 spiro atoms. The van der Waals surface area contributed by atoms with Crippen molar-refractivity contribution in [1.29, 1.82) is 0 Å². The van der Waals surface area contributed by atoms with Gasteiger partial charge in [-0.2, -0.15) is 0 Å². The number of hydrogen-bond acceptors (Lipinski definition) is 4. The lowest BCUT2D eigenvalue weighted by atomic mass is 10.0. The van der Waals surface area contributed by atoms with Gasteiger partial charge in [0.05, 0.1) is 0 Å². The van der Waals surface area contributed by atoms with Crippen LogP contribution in [-0.2, 0) is 4.74 Å². The molecular formula is C18H18FN3O. The second-order valence-electron chi connectivity index (χ2n) is 5.22. The minimum absolute atomic E-state index is 0.262. The first-order valence-electron chi connectivity index (χ1n) is 7.54. The third kappa shape index (κ3) is 3.46. The molecule has 2 aromatic carbocycles. The number of aromatic nitrogens is 2. The maximum atomic E-state index is 13.1. The molecule has 0 saturated heterocycles. The average Bonchev–Trinajstić information content (AvgIpc) is 2.59. The van der Waals surface area contributed by atoms with Crippen molar-refractivity contribution in [3.63, 3.8) is 0 Å². The Balaban J connectivity index is 1.97. The molecule has 0 aliphatic heterocycles. The SMILES string of the molecule is COCCCNc1nnc(-c2ccc(F)cc2)c2ccccc12. The lowest BCUT2D eigenvalue weighted by Crippen LogP contribution is -2.07. The molecular weight excluding hydrogens is 293 g/mol. The minimum Gasteiger partial charge on any atom is -0.385 e. The lowest BCUT2D eigenvalue weighted by molar-refractivity contribution is 0.198. The van der Waals surface area contributed by atoms with Crippen molar-refractivity contribution in [3.05, 3.63) is 54.3 Å². The van der Waals surface area contributed by atoms with Gasteiger partial charge < -0.3 is 10.1 Å². The molecule has 0 saturated carbocycles. The van der Waals surface area contributed by atoms with Crippen molar-refractivity contribution >= 4 is 16.6 Å². The molecule has 0 amide bonds. The number of halogens is 1. The highest BCUT2D eigenvalue weighted by molar-refractivity contribution is 5.99. The zero-order valence-electron chi connectivity index (χ0n) is 12.9. The van der Waals surface area contributed by atoms with Gasteiger partial charge in [-0.3, -0.25) is 0 Å². The van der Waals surface area contributed by atoms with Crippen molar-refractivity contribution in [2.45, 2.75) is 6.42 Å². The Morgan fingerprint density at radius 3 is 2.48 bits per heavy atom. The first-order chi connectivity index (χ1) is 11.3. The molecule has 0 aliphatic carbocycles. The fourth-order valence-corrected chi connectivity index (χ4v) is 2.48. The van der Waals surface area contributed by atoms with E-state index in [2.05, 4.69) is 15.5 Å². The maximum absolute atomic E-state index is 13.1. The molecule has 0 atom stereocenters.